The van der Waals surface area contributed by atoms with Crippen molar-refractivity contribution in [1.29, 1.82) is 0 Å². The molecule has 0 saturated carbocycles. The molecule has 0 spiro atoms. The highest BCUT2D eigenvalue weighted by atomic mass is 28.4. The SMILES string of the molecule is CCCC(CCCCCCCCCCC[Si](OC)(OC)OC)(CCCCCCCCCCC[Si](OC)(OC)OC)CCCCCCCCCCC[Si](OC)(OC)OC. The summed E-state index contributed by atoms with van der Waals surface area (Å²) in [4.78, 5) is 0. The van der Waals surface area contributed by atoms with Gasteiger partial charge in [0.1, 0.15) is 0 Å². The largest absolute Gasteiger partial charge is 0.500 e. The Labute approximate surface area is 364 Å². The van der Waals surface area contributed by atoms with Crippen LogP contribution in [0.15, 0.2) is 0 Å². The minimum Gasteiger partial charge on any atom is -0.377 e. The lowest BCUT2D eigenvalue weighted by atomic mass is 9.71. The summed E-state index contributed by atoms with van der Waals surface area (Å²) < 4.78 is 50.2. The third-order valence-electron chi connectivity index (χ3n) is 13.1. The van der Waals surface area contributed by atoms with Crippen LogP contribution in [0.1, 0.15) is 212 Å². The van der Waals surface area contributed by atoms with Crippen LogP contribution in [-0.4, -0.2) is 90.4 Å². The Balaban J connectivity index is 4.63. The zero-order valence-electron chi connectivity index (χ0n) is 40.4. The monoisotopic (exact) mass is 881 g/mol. The van der Waals surface area contributed by atoms with Crippen molar-refractivity contribution >= 4 is 26.4 Å². The molecule has 0 rings (SSSR count). The van der Waals surface area contributed by atoms with Crippen LogP contribution >= 0.6 is 0 Å². The molecular weight excluding hydrogens is 781 g/mol. The molecule has 0 aromatic rings. The van der Waals surface area contributed by atoms with Gasteiger partial charge in [0.25, 0.3) is 0 Å². The average Bonchev–Trinajstić information content (AvgIpc) is 3.26. The second-order valence-corrected chi connectivity index (χ2v) is 26.5. The van der Waals surface area contributed by atoms with Crippen molar-refractivity contribution in [3.05, 3.63) is 0 Å². The maximum atomic E-state index is 5.58. The summed E-state index contributed by atoms with van der Waals surface area (Å²) in [5.41, 5.74) is 0.566. The summed E-state index contributed by atoms with van der Waals surface area (Å²) in [5.74, 6) is 0. The van der Waals surface area contributed by atoms with Gasteiger partial charge in [-0.25, -0.2) is 0 Å². The molecular formula is C46H100O9Si3. The van der Waals surface area contributed by atoms with Crippen molar-refractivity contribution in [2.45, 2.75) is 231 Å². The fourth-order valence-corrected chi connectivity index (χ4v) is 14.6. The summed E-state index contributed by atoms with van der Waals surface area (Å²) in [6.07, 6.45) is 43.2. The van der Waals surface area contributed by atoms with E-state index in [1.54, 1.807) is 64.0 Å². The van der Waals surface area contributed by atoms with Gasteiger partial charge in [-0.15, -0.1) is 0 Å². The second-order valence-electron chi connectivity index (χ2n) is 17.2. The van der Waals surface area contributed by atoms with Crippen molar-refractivity contribution in [2.24, 2.45) is 5.41 Å². The van der Waals surface area contributed by atoms with Gasteiger partial charge in [-0.05, 0) is 50.4 Å². The molecule has 0 fully saturated rings. The summed E-state index contributed by atoms with van der Waals surface area (Å²) in [6.45, 7) is 2.43. The van der Waals surface area contributed by atoms with Gasteiger partial charge in [-0.2, -0.15) is 0 Å². The van der Waals surface area contributed by atoms with Crippen LogP contribution in [0.4, 0.5) is 0 Å². The van der Waals surface area contributed by atoms with Crippen LogP contribution in [0.3, 0.4) is 0 Å². The molecule has 0 bridgehead atoms. The molecule has 12 heteroatoms. The van der Waals surface area contributed by atoms with E-state index in [-0.39, 0.29) is 0 Å². The third-order valence-corrected chi connectivity index (χ3v) is 21.6. The average molecular weight is 882 g/mol. The van der Waals surface area contributed by atoms with E-state index >= 15 is 0 Å². The Bertz CT molecular complexity index is 733. The third kappa shape index (κ3) is 27.4. The molecule has 0 unspecified atom stereocenters. The van der Waals surface area contributed by atoms with Gasteiger partial charge in [0.05, 0.1) is 0 Å². The fourth-order valence-electron chi connectivity index (χ4n) is 9.19. The van der Waals surface area contributed by atoms with Crippen molar-refractivity contribution in [3.63, 3.8) is 0 Å². The molecule has 0 radical (unpaired) electrons. The topological polar surface area (TPSA) is 83.1 Å². The van der Waals surface area contributed by atoms with Gasteiger partial charge in [-0.3, -0.25) is 0 Å². The molecule has 0 N–H and O–H groups in total. The van der Waals surface area contributed by atoms with Crippen LogP contribution < -0.4 is 0 Å². The van der Waals surface area contributed by atoms with Crippen molar-refractivity contribution in [2.75, 3.05) is 64.0 Å². The molecule has 0 aliphatic rings. The van der Waals surface area contributed by atoms with Gasteiger partial charge < -0.3 is 39.8 Å². The normalized spacial score (nSPS) is 12.9. The Morgan fingerprint density at radius 1 is 0.241 bits per heavy atom. The summed E-state index contributed by atoms with van der Waals surface area (Å²) in [7, 11) is 8.23. The molecule has 0 heterocycles. The maximum Gasteiger partial charge on any atom is 0.500 e. The number of unbranched alkanes of at least 4 members (excludes halogenated alkanes) is 24. The van der Waals surface area contributed by atoms with Crippen LogP contribution in [0.5, 0.6) is 0 Å². The molecule has 350 valence electrons. The smallest absolute Gasteiger partial charge is 0.377 e. The van der Waals surface area contributed by atoms with Gasteiger partial charge in [0.2, 0.25) is 0 Å². The Kier molecular flexibility index (Phi) is 39.1. The standard InChI is InChI=1S/C46H100O9Si3/c1-11-39-46(40-33-27-21-15-12-18-24-30-36-43-56(47-2,48-3)49-4,41-34-28-22-16-13-19-25-31-37-44-57(50-5,51-6)52-7)42-35-29-23-17-14-20-26-32-38-45-58(53-8,54-9)55-10/h11-45H2,1-10H3. The van der Waals surface area contributed by atoms with Crippen molar-refractivity contribution in [1.82, 2.24) is 0 Å². The minimum atomic E-state index is -2.41. The summed E-state index contributed by atoms with van der Waals surface area (Å²) in [6, 6.07) is 2.76. The van der Waals surface area contributed by atoms with E-state index in [0.717, 1.165) is 37.4 Å². The molecule has 0 aromatic heterocycles. The van der Waals surface area contributed by atoms with E-state index in [1.807, 2.05) is 0 Å². The maximum absolute atomic E-state index is 5.58. The molecule has 0 aliphatic heterocycles. The van der Waals surface area contributed by atoms with Crippen LogP contribution in [0.25, 0.3) is 0 Å². The van der Waals surface area contributed by atoms with E-state index in [4.69, 9.17) is 39.8 Å². The van der Waals surface area contributed by atoms with Crippen molar-refractivity contribution in [3.8, 4) is 0 Å². The van der Waals surface area contributed by atoms with Crippen LogP contribution in [-0.2, 0) is 39.8 Å². The molecule has 0 aromatic carbocycles. The Morgan fingerprint density at radius 2 is 0.414 bits per heavy atom. The molecule has 9 nitrogen and oxygen atoms in total. The first-order valence-electron chi connectivity index (χ1n) is 24.2. The molecule has 58 heavy (non-hydrogen) atoms. The minimum absolute atomic E-state index is 0.566. The van der Waals surface area contributed by atoms with E-state index in [9.17, 15) is 0 Å². The number of hydrogen-bond acceptors (Lipinski definition) is 9. The lowest BCUT2D eigenvalue weighted by Crippen LogP contribution is -2.42. The molecule has 0 aliphatic carbocycles. The first kappa shape index (κ1) is 58.3. The van der Waals surface area contributed by atoms with Gasteiger partial charge in [0, 0.05) is 82.1 Å². The van der Waals surface area contributed by atoms with Gasteiger partial charge >= 0.3 is 26.4 Å². The second kappa shape index (κ2) is 38.9. The predicted octanol–water partition coefficient (Wildman–Crippen LogP) is 14.1. The van der Waals surface area contributed by atoms with Crippen LogP contribution in [0, 0.1) is 5.41 Å². The molecule has 0 saturated heterocycles. The highest BCUT2D eigenvalue weighted by Gasteiger charge is 2.38. The Morgan fingerprint density at radius 3 is 0.586 bits per heavy atom. The van der Waals surface area contributed by atoms with Gasteiger partial charge in [0.15, 0.2) is 0 Å². The quantitative estimate of drug-likeness (QED) is 0.0438. The van der Waals surface area contributed by atoms with E-state index in [0.29, 0.717) is 5.41 Å². The van der Waals surface area contributed by atoms with Crippen LogP contribution in [0.2, 0.25) is 18.1 Å². The summed E-state index contributed by atoms with van der Waals surface area (Å²) in [5, 5.41) is 0. The van der Waals surface area contributed by atoms with Crippen molar-refractivity contribution < 1.29 is 39.8 Å². The summed E-state index contributed by atoms with van der Waals surface area (Å²) >= 11 is 0. The van der Waals surface area contributed by atoms with E-state index in [1.165, 1.54) is 186 Å². The lowest BCUT2D eigenvalue weighted by molar-refractivity contribution is 0.122. The highest BCUT2D eigenvalue weighted by molar-refractivity contribution is 6.61. The molecule has 0 amide bonds. The Hall–Kier alpha value is 0.291. The zero-order valence-corrected chi connectivity index (χ0v) is 43.4. The highest BCUT2D eigenvalue weighted by Crippen LogP contribution is 2.41. The fraction of sp³-hybridized carbons (Fsp3) is 1.00. The lowest BCUT2D eigenvalue weighted by Gasteiger charge is -2.35. The van der Waals surface area contributed by atoms with Gasteiger partial charge in [-0.1, -0.05) is 167 Å². The zero-order chi connectivity index (χ0) is 43.1. The molecule has 0 atom stereocenters. The first-order valence-corrected chi connectivity index (χ1v) is 30.0. The van der Waals surface area contributed by atoms with E-state index < -0.39 is 26.4 Å². The van der Waals surface area contributed by atoms with E-state index in [2.05, 4.69) is 6.92 Å². The number of hydrogen-bond donors (Lipinski definition) is 0. The number of rotatable bonds is 47. The predicted molar refractivity (Wildman–Crippen MR) is 251 cm³/mol. The first-order chi connectivity index (χ1) is 28.2.